The lowest BCUT2D eigenvalue weighted by molar-refractivity contribution is -0.132. The number of carbonyl (C=O) groups excluding carboxylic acids is 2. The summed E-state index contributed by atoms with van der Waals surface area (Å²) in [7, 11) is 1.61. The van der Waals surface area contributed by atoms with Crippen LogP contribution in [0.2, 0.25) is 0 Å². The lowest BCUT2D eigenvalue weighted by Crippen LogP contribution is -2.29. The second-order valence-electron chi connectivity index (χ2n) is 10.1. The van der Waals surface area contributed by atoms with Gasteiger partial charge < -0.3 is 9.84 Å². The number of hydrogen-bond acceptors (Lipinski definition) is 5. The van der Waals surface area contributed by atoms with E-state index in [0.29, 0.717) is 22.9 Å². The van der Waals surface area contributed by atoms with Crippen molar-refractivity contribution >= 4 is 34.5 Å². The molecule has 2 aromatic carbocycles. The Morgan fingerprint density at radius 1 is 1.06 bits per heavy atom. The normalized spacial score (nSPS) is 17.9. The van der Waals surface area contributed by atoms with Crippen molar-refractivity contribution in [3.05, 3.63) is 87.1 Å². The monoisotopic (exact) mass is 489 g/mol. The summed E-state index contributed by atoms with van der Waals surface area (Å²) in [5.41, 5.74) is 2.99. The standard InChI is InChI=1S/C29H31NO4S/c1-17(2)18-9-12-20(13-10-18)30-25(23-8-7-15-35-23)24(27(32)28(30)33)26(31)19-11-14-22(34-6)21(16-19)29(3,4)5/h7-17,25,31H,1-6H3/b26-24-. The van der Waals surface area contributed by atoms with E-state index in [9.17, 15) is 14.7 Å². The van der Waals surface area contributed by atoms with Crippen molar-refractivity contribution in [2.45, 2.75) is 52.0 Å². The molecule has 1 amide bonds. The summed E-state index contributed by atoms with van der Waals surface area (Å²) in [5, 5.41) is 13.4. The molecule has 1 unspecified atom stereocenters. The van der Waals surface area contributed by atoms with E-state index in [-0.39, 0.29) is 16.7 Å². The highest BCUT2D eigenvalue weighted by molar-refractivity contribution is 7.10. The number of benzene rings is 2. The van der Waals surface area contributed by atoms with Crippen LogP contribution in [-0.4, -0.2) is 23.9 Å². The first-order chi connectivity index (χ1) is 16.5. The summed E-state index contributed by atoms with van der Waals surface area (Å²) >= 11 is 1.45. The van der Waals surface area contributed by atoms with Gasteiger partial charge >= 0.3 is 0 Å². The van der Waals surface area contributed by atoms with Crippen molar-refractivity contribution in [1.29, 1.82) is 0 Å². The molecule has 1 aromatic heterocycles. The van der Waals surface area contributed by atoms with Crippen LogP contribution in [0.25, 0.3) is 5.76 Å². The Kier molecular flexibility index (Phi) is 6.60. The van der Waals surface area contributed by atoms with E-state index in [4.69, 9.17) is 4.74 Å². The topological polar surface area (TPSA) is 66.8 Å². The molecule has 0 saturated carbocycles. The molecule has 0 aliphatic carbocycles. The smallest absolute Gasteiger partial charge is 0.300 e. The summed E-state index contributed by atoms with van der Waals surface area (Å²) in [5.74, 6) is -0.473. The van der Waals surface area contributed by atoms with E-state index >= 15 is 0 Å². The van der Waals surface area contributed by atoms with Crippen LogP contribution >= 0.6 is 11.3 Å². The first-order valence-corrected chi connectivity index (χ1v) is 12.6. The van der Waals surface area contributed by atoms with Gasteiger partial charge in [0.25, 0.3) is 11.7 Å². The lowest BCUT2D eigenvalue weighted by atomic mass is 9.84. The number of Topliss-reactive ketones (excluding diaryl/α,β-unsaturated/α-hetero) is 1. The van der Waals surface area contributed by atoms with Crippen molar-refractivity contribution in [3.63, 3.8) is 0 Å². The average molecular weight is 490 g/mol. The van der Waals surface area contributed by atoms with Crippen LogP contribution < -0.4 is 9.64 Å². The Balaban J connectivity index is 1.89. The Hall–Kier alpha value is -3.38. The molecule has 0 radical (unpaired) electrons. The number of anilines is 1. The summed E-state index contributed by atoms with van der Waals surface area (Å²) < 4.78 is 5.53. The van der Waals surface area contributed by atoms with Gasteiger partial charge in [0, 0.05) is 21.7 Å². The molecule has 1 aliphatic rings. The highest BCUT2D eigenvalue weighted by atomic mass is 32.1. The second-order valence-corrected chi connectivity index (χ2v) is 11.1. The van der Waals surface area contributed by atoms with Gasteiger partial charge in [-0.15, -0.1) is 11.3 Å². The van der Waals surface area contributed by atoms with Crippen molar-refractivity contribution in [3.8, 4) is 5.75 Å². The minimum Gasteiger partial charge on any atom is -0.507 e. The van der Waals surface area contributed by atoms with Crippen LogP contribution in [0.15, 0.2) is 65.6 Å². The Morgan fingerprint density at radius 3 is 2.29 bits per heavy atom. The fourth-order valence-electron chi connectivity index (χ4n) is 4.43. The highest BCUT2D eigenvalue weighted by Crippen LogP contribution is 2.44. The fraction of sp³-hybridized carbons (Fsp3) is 0.310. The van der Waals surface area contributed by atoms with Gasteiger partial charge in [-0.25, -0.2) is 0 Å². The number of thiophene rings is 1. The third-order valence-electron chi connectivity index (χ3n) is 6.38. The third kappa shape index (κ3) is 4.50. The molecule has 2 heterocycles. The molecule has 1 N–H and O–H groups in total. The van der Waals surface area contributed by atoms with Gasteiger partial charge in [0.15, 0.2) is 0 Å². The van der Waals surface area contributed by atoms with E-state index < -0.39 is 17.7 Å². The van der Waals surface area contributed by atoms with E-state index in [0.717, 1.165) is 16.0 Å². The van der Waals surface area contributed by atoms with Crippen LogP contribution in [0.4, 0.5) is 5.69 Å². The van der Waals surface area contributed by atoms with Crippen LogP contribution in [0.3, 0.4) is 0 Å². The molecule has 0 bridgehead atoms. The minimum absolute atomic E-state index is 0.0930. The van der Waals surface area contributed by atoms with Crippen molar-refractivity contribution in [2.24, 2.45) is 0 Å². The maximum absolute atomic E-state index is 13.4. The number of aliphatic hydroxyl groups excluding tert-OH is 1. The predicted octanol–water partition coefficient (Wildman–Crippen LogP) is 6.80. The van der Waals surface area contributed by atoms with Gasteiger partial charge in [0.2, 0.25) is 0 Å². The maximum Gasteiger partial charge on any atom is 0.300 e. The van der Waals surface area contributed by atoms with Crippen molar-refractivity contribution < 1.29 is 19.4 Å². The molecule has 3 aromatic rings. The molecular formula is C29H31NO4S. The quantitative estimate of drug-likeness (QED) is 0.243. The van der Waals surface area contributed by atoms with Crippen LogP contribution in [0, 0.1) is 0 Å². The molecule has 182 valence electrons. The average Bonchev–Trinajstić information content (AvgIpc) is 3.44. The van der Waals surface area contributed by atoms with E-state index in [1.54, 1.807) is 19.2 Å². The number of methoxy groups -OCH3 is 1. The van der Waals surface area contributed by atoms with Gasteiger partial charge in [0.05, 0.1) is 12.7 Å². The fourth-order valence-corrected chi connectivity index (χ4v) is 5.26. The lowest BCUT2D eigenvalue weighted by Gasteiger charge is -2.25. The first-order valence-electron chi connectivity index (χ1n) is 11.7. The number of rotatable bonds is 5. The van der Waals surface area contributed by atoms with Crippen LogP contribution in [0.5, 0.6) is 5.75 Å². The van der Waals surface area contributed by atoms with Gasteiger partial charge in [-0.2, -0.15) is 0 Å². The van der Waals surface area contributed by atoms with Gasteiger partial charge in [-0.3, -0.25) is 14.5 Å². The zero-order valence-electron chi connectivity index (χ0n) is 21.0. The number of ether oxygens (including phenoxy) is 1. The second kappa shape index (κ2) is 9.34. The van der Waals surface area contributed by atoms with Crippen molar-refractivity contribution in [2.75, 3.05) is 12.0 Å². The molecular weight excluding hydrogens is 458 g/mol. The Morgan fingerprint density at radius 2 is 1.74 bits per heavy atom. The molecule has 1 aliphatic heterocycles. The van der Waals surface area contributed by atoms with Crippen LogP contribution in [0.1, 0.15) is 68.1 Å². The molecule has 0 spiro atoms. The van der Waals surface area contributed by atoms with Gasteiger partial charge in [-0.05, 0) is 58.7 Å². The largest absolute Gasteiger partial charge is 0.507 e. The van der Waals surface area contributed by atoms with E-state index in [1.165, 1.54) is 16.2 Å². The third-order valence-corrected chi connectivity index (χ3v) is 7.30. The summed E-state index contributed by atoms with van der Waals surface area (Å²) in [6.45, 7) is 10.4. The molecule has 35 heavy (non-hydrogen) atoms. The number of nitrogens with zero attached hydrogens (tertiary/aromatic N) is 1. The number of hydrogen-bond donors (Lipinski definition) is 1. The molecule has 1 fully saturated rings. The maximum atomic E-state index is 13.4. The summed E-state index contributed by atoms with van der Waals surface area (Å²) in [4.78, 5) is 29.0. The zero-order valence-corrected chi connectivity index (χ0v) is 21.8. The van der Waals surface area contributed by atoms with Gasteiger partial charge in [-0.1, -0.05) is 52.8 Å². The molecule has 1 saturated heterocycles. The molecule has 6 heteroatoms. The van der Waals surface area contributed by atoms with Crippen molar-refractivity contribution in [1.82, 2.24) is 0 Å². The predicted molar refractivity (Wildman–Crippen MR) is 141 cm³/mol. The Bertz CT molecular complexity index is 1280. The summed E-state index contributed by atoms with van der Waals surface area (Å²) in [6, 6.07) is 16.1. The molecule has 5 nitrogen and oxygen atoms in total. The van der Waals surface area contributed by atoms with Crippen LogP contribution in [-0.2, 0) is 15.0 Å². The number of ketones is 1. The van der Waals surface area contributed by atoms with Gasteiger partial charge in [0.1, 0.15) is 17.6 Å². The Labute approximate surface area is 210 Å². The molecule has 4 rings (SSSR count). The number of aliphatic hydroxyl groups is 1. The zero-order chi connectivity index (χ0) is 25.5. The molecule has 1 atom stereocenters. The summed E-state index contributed by atoms with van der Waals surface area (Å²) in [6.07, 6.45) is 0. The van der Waals surface area contributed by atoms with E-state index in [1.807, 2.05) is 47.8 Å². The number of amides is 1. The highest BCUT2D eigenvalue weighted by Gasteiger charge is 2.47. The minimum atomic E-state index is -0.708. The SMILES string of the molecule is COc1ccc(/C(O)=C2/C(=O)C(=O)N(c3ccc(C(C)C)cc3)C2c2cccs2)cc1C(C)(C)C. The number of carbonyl (C=O) groups is 2. The first kappa shape index (κ1) is 24.7. The van der Waals surface area contributed by atoms with E-state index in [2.05, 4.69) is 34.6 Å².